The quantitative estimate of drug-likeness (QED) is 0.696. The van der Waals surface area contributed by atoms with Crippen LogP contribution in [0.5, 0.6) is 0 Å². The summed E-state index contributed by atoms with van der Waals surface area (Å²) < 4.78 is 25.8. The zero-order chi connectivity index (χ0) is 11.6. The molecule has 0 aromatic carbocycles. The van der Waals surface area contributed by atoms with Crippen molar-refractivity contribution in [2.45, 2.75) is 18.5 Å². The first-order chi connectivity index (χ1) is 7.59. The van der Waals surface area contributed by atoms with Crippen molar-refractivity contribution in [3.8, 4) is 0 Å². The van der Waals surface area contributed by atoms with Crippen LogP contribution in [0.1, 0.15) is 11.3 Å². The minimum Gasteiger partial charge on any atom is -0.335 e. The standard InChI is InChI=1S/C8H11N5O2S/c1-6-7(2-11-13-6)3-12-16(14,15)8-4-9-5-10-8/h2,4-5,12H,3H2,1H3,(H,9,10)(H,11,13). The second-order valence-electron chi connectivity index (χ2n) is 3.26. The monoisotopic (exact) mass is 241 g/mol. The predicted octanol–water partition coefficient (Wildman–Crippen LogP) is -0.0803. The molecule has 0 aliphatic heterocycles. The van der Waals surface area contributed by atoms with Gasteiger partial charge < -0.3 is 4.98 Å². The van der Waals surface area contributed by atoms with E-state index in [0.717, 1.165) is 11.3 Å². The van der Waals surface area contributed by atoms with Gasteiger partial charge in [-0.05, 0) is 6.92 Å². The molecule has 0 saturated heterocycles. The van der Waals surface area contributed by atoms with Gasteiger partial charge in [0.1, 0.15) is 0 Å². The number of imidazole rings is 1. The van der Waals surface area contributed by atoms with Gasteiger partial charge in [0.15, 0.2) is 5.03 Å². The van der Waals surface area contributed by atoms with Gasteiger partial charge in [-0.15, -0.1) is 0 Å². The van der Waals surface area contributed by atoms with Crippen LogP contribution in [0.2, 0.25) is 0 Å². The first kappa shape index (κ1) is 10.8. The second kappa shape index (κ2) is 4.06. The number of aryl methyl sites for hydroxylation is 1. The fraction of sp³-hybridized carbons (Fsp3) is 0.250. The van der Waals surface area contributed by atoms with Gasteiger partial charge in [-0.25, -0.2) is 18.1 Å². The van der Waals surface area contributed by atoms with Gasteiger partial charge in [-0.1, -0.05) is 0 Å². The van der Waals surface area contributed by atoms with E-state index in [4.69, 9.17) is 0 Å². The molecule has 3 N–H and O–H groups in total. The molecule has 2 aromatic rings. The van der Waals surface area contributed by atoms with E-state index in [-0.39, 0.29) is 11.6 Å². The number of rotatable bonds is 4. The van der Waals surface area contributed by atoms with Crippen molar-refractivity contribution in [3.63, 3.8) is 0 Å². The van der Waals surface area contributed by atoms with Gasteiger partial charge in [0.05, 0.1) is 18.7 Å². The number of hydrogen-bond donors (Lipinski definition) is 3. The highest BCUT2D eigenvalue weighted by Gasteiger charge is 2.15. The molecule has 2 heterocycles. The van der Waals surface area contributed by atoms with Crippen molar-refractivity contribution < 1.29 is 8.42 Å². The number of sulfonamides is 1. The van der Waals surface area contributed by atoms with E-state index in [9.17, 15) is 8.42 Å². The Hall–Kier alpha value is -1.67. The third-order valence-corrected chi connectivity index (χ3v) is 3.48. The van der Waals surface area contributed by atoms with Crippen LogP contribution < -0.4 is 4.72 Å². The van der Waals surface area contributed by atoms with Crippen LogP contribution >= 0.6 is 0 Å². The molecule has 16 heavy (non-hydrogen) atoms. The van der Waals surface area contributed by atoms with E-state index in [2.05, 4.69) is 24.9 Å². The number of hydrogen-bond acceptors (Lipinski definition) is 4. The molecule has 86 valence electrons. The molecule has 0 aliphatic carbocycles. The minimum atomic E-state index is -3.52. The Morgan fingerprint density at radius 2 is 2.25 bits per heavy atom. The number of nitrogens with zero attached hydrogens (tertiary/aromatic N) is 2. The van der Waals surface area contributed by atoms with Crippen LogP contribution in [0.25, 0.3) is 0 Å². The molecule has 2 rings (SSSR count). The van der Waals surface area contributed by atoms with Gasteiger partial charge in [0.25, 0.3) is 10.0 Å². The topological polar surface area (TPSA) is 104 Å². The van der Waals surface area contributed by atoms with Crippen molar-refractivity contribution in [2.24, 2.45) is 0 Å². The molecule has 0 fully saturated rings. The van der Waals surface area contributed by atoms with E-state index < -0.39 is 10.0 Å². The van der Waals surface area contributed by atoms with Crippen LogP contribution in [-0.4, -0.2) is 28.6 Å². The van der Waals surface area contributed by atoms with E-state index in [0.29, 0.717) is 0 Å². The summed E-state index contributed by atoms with van der Waals surface area (Å²) in [6, 6.07) is 0. The highest BCUT2D eigenvalue weighted by molar-refractivity contribution is 7.89. The first-order valence-electron chi connectivity index (χ1n) is 4.56. The molecule has 0 aliphatic rings. The number of aromatic nitrogens is 4. The number of nitrogens with one attached hydrogen (secondary N) is 3. The predicted molar refractivity (Wildman–Crippen MR) is 55.9 cm³/mol. The average Bonchev–Trinajstić information content (AvgIpc) is 2.85. The molecule has 0 spiro atoms. The maximum atomic E-state index is 11.7. The molecular weight excluding hydrogens is 230 g/mol. The molecule has 8 heteroatoms. The number of aromatic amines is 2. The third-order valence-electron chi connectivity index (χ3n) is 2.15. The lowest BCUT2D eigenvalue weighted by molar-refractivity contribution is 0.578. The molecular formula is C8H11N5O2S. The van der Waals surface area contributed by atoms with Crippen molar-refractivity contribution in [1.82, 2.24) is 24.9 Å². The molecule has 0 unspecified atom stereocenters. The van der Waals surface area contributed by atoms with Crippen LogP contribution in [-0.2, 0) is 16.6 Å². The Bertz CT molecular complexity index is 557. The van der Waals surface area contributed by atoms with Crippen LogP contribution in [0.3, 0.4) is 0 Å². The van der Waals surface area contributed by atoms with Crippen molar-refractivity contribution in [1.29, 1.82) is 0 Å². The van der Waals surface area contributed by atoms with Gasteiger partial charge >= 0.3 is 0 Å². The smallest absolute Gasteiger partial charge is 0.257 e. The molecule has 0 radical (unpaired) electrons. The Balaban J connectivity index is 2.09. The maximum absolute atomic E-state index is 11.7. The Kier molecular flexibility index (Phi) is 2.75. The second-order valence-corrected chi connectivity index (χ2v) is 5.00. The summed E-state index contributed by atoms with van der Waals surface area (Å²) in [7, 11) is -3.52. The summed E-state index contributed by atoms with van der Waals surface area (Å²) in [5.74, 6) is 0. The highest BCUT2D eigenvalue weighted by Crippen LogP contribution is 2.06. The lowest BCUT2D eigenvalue weighted by Crippen LogP contribution is -2.23. The molecule has 0 atom stereocenters. The lowest BCUT2D eigenvalue weighted by atomic mass is 10.3. The molecule has 0 amide bonds. The van der Waals surface area contributed by atoms with Gasteiger partial charge in [-0.3, -0.25) is 5.10 Å². The van der Waals surface area contributed by atoms with Crippen LogP contribution in [0.15, 0.2) is 23.7 Å². The van der Waals surface area contributed by atoms with E-state index in [1.807, 2.05) is 6.92 Å². The van der Waals surface area contributed by atoms with E-state index in [1.54, 1.807) is 6.20 Å². The van der Waals surface area contributed by atoms with Gasteiger partial charge in [0.2, 0.25) is 0 Å². The average molecular weight is 241 g/mol. The SMILES string of the molecule is Cc1[nH]ncc1CNS(=O)(=O)c1cnc[nH]1. The van der Waals surface area contributed by atoms with Gasteiger partial charge in [-0.2, -0.15) is 5.10 Å². The number of H-pyrrole nitrogens is 2. The minimum absolute atomic E-state index is 0.0497. The normalized spacial score (nSPS) is 11.8. The fourth-order valence-electron chi connectivity index (χ4n) is 1.19. The van der Waals surface area contributed by atoms with E-state index in [1.165, 1.54) is 12.5 Å². The zero-order valence-corrected chi connectivity index (χ0v) is 9.37. The Morgan fingerprint density at radius 1 is 1.44 bits per heavy atom. The summed E-state index contributed by atoms with van der Waals surface area (Å²) in [5, 5.41) is 6.59. The van der Waals surface area contributed by atoms with Gasteiger partial charge in [0, 0.05) is 17.8 Å². The van der Waals surface area contributed by atoms with Crippen molar-refractivity contribution in [2.75, 3.05) is 0 Å². The van der Waals surface area contributed by atoms with Crippen LogP contribution in [0.4, 0.5) is 0 Å². The third kappa shape index (κ3) is 2.12. The summed E-state index contributed by atoms with van der Waals surface area (Å²) in [6.45, 7) is 2.02. The largest absolute Gasteiger partial charge is 0.335 e. The Morgan fingerprint density at radius 3 is 2.81 bits per heavy atom. The summed E-state index contributed by atoms with van der Waals surface area (Å²) in [6.07, 6.45) is 4.16. The van der Waals surface area contributed by atoms with Crippen molar-refractivity contribution >= 4 is 10.0 Å². The molecule has 0 bridgehead atoms. The van der Waals surface area contributed by atoms with Crippen LogP contribution in [0, 0.1) is 6.92 Å². The summed E-state index contributed by atoms with van der Waals surface area (Å²) in [4.78, 5) is 6.19. The molecule has 2 aromatic heterocycles. The fourth-order valence-corrected chi connectivity index (χ4v) is 2.10. The highest BCUT2D eigenvalue weighted by atomic mass is 32.2. The molecule has 0 saturated carbocycles. The lowest BCUT2D eigenvalue weighted by Gasteiger charge is -2.03. The zero-order valence-electron chi connectivity index (χ0n) is 8.56. The summed E-state index contributed by atoms with van der Waals surface area (Å²) >= 11 is 0. The first-order valence-corrected chi connectivity index (χ1v) is 6.05. The van der Waals surface area contributed by atoms with Crippen molar-refractivity contribution in [3.05, 3.63) is 30.0 Å². The summed E-state index contributed by atoms with van der Waals surface area (Å²) in [5.41, 5.74) is 1.65. The molecule has 7 nitrogen and oxygen atoms in total. The maximum Gasteiger partial charge on any atom is 0.257 e. The van der Waals surface area contributed by atoms with E-state index >= 15 is 0 Å². The Labute approximate surface area is 92.4 Å².